The van der Waals surface area contributed by atoms with Crippen molar-refractivity contribution in [2.45, 2.75) is 6.18 Å². The van der Waals surface area contributed by atoms with Gasteiger partial charge in [0.2, 0.25) is 0 Å². The molecule has 0 aliphatic carbocycles. The number of benzene rings is 2. The highest BCUT2D eigenvalue weighted by Crippen LogP contribution is 2.29. The zero-order valence-electron chi connectivity index (χ0n) is 13.5. The predicted molar refractivity (Wildman–Crippen MR) is 88.6 cm³/mol. The van der Waals surface area contributed by atoms with Crippen LogP contribution < -0.4 is 4.74 Å². The number of ether oxygens (including phenoxy) is 2. The maximum absolute atomic E-state index is 12.7. The van der Waals surface area contributed by atoms with Crippen LogP contribution >= 0.6 is 0 Å². The van der Waals surface area contributed by atoms with Crippen molar-refractivity contribution in [1.29, 1.82) is 0 Å². The van der Waals surface area contributed by atoms with Crippen molar-refractivity contribution in [3.8, 4) is 5.75 Å². The minimum Gasteiger partial charge on any atom is -0.491 e. The van der Waals surface area contributed by atoms with Gasteiger partial charge in [-0.25, -0.2) is 0 Å². The monoisotopic (exact) mass is 350 g/mol. The summed E-state index contributed by atoms with van der Waals surface area (Å²) in [6.45, 7) is 0.848. The van der Waals surface area contributed by atoms with Gasteiger partial charge in [-0.2, -0.15) is 13.2 Å². The molecule has 0 heterocycles. The van der Waals surface area contributed by atoms with Gasteiger partial charge in [-0.1, -0.05) is 30.3 Å². The third-order valence-corrected chi connectivity index (χ3v) is 3.32. The van der Waals surface area contributed by atoms with Crippen molar-refractivity contribution >= 4 is 11.9 Å². The van der Waals surface area contributed by atoms with Crippen molar-refractivity contribution in [1.82, 2.24) is 0 Å². The molecule has 0 atom stereocenters. The van der Waals surface area contributed by atoms with E-state index in [9.17, 15) is 18.0 Å². The van der Waals surface area contributed by atoms with Crippen molar-refractivity contribution < 1.29 is 27.4 Å². The number of carbonyl (C=O) groups excluding carboxylic acids is 1. The van der Waals surface area contributed by atoms with E-state index in [1.54, 1.807) is 31.4 Å². The Hall–Kier alpha value is -2.60. The predicted octanol–water partition coefficient (Wildman–Crippen LogP) is 4.63. The first-order chi connectivity index (χ1) is 11.9. The van der Waals surface area contributed by atoms with Crippen LogP contribution in [-0.2, 0) is 10.9 Å². The first-order valence-corrected chi connectivity index (χ1v) is 7.51. The summed E-state index contributed by atoms with van der Waals surface area (Å²) in [6, 6.07) is 11.4. The Morgan fingerprint density at radius 3 is 2.56 bits per heavy atom. The lowest BCUT2D eigenvalue weighted by Gasteiger charge is -2.07. The second-order valence-electron chi connectivity index (χ2n) is 5.19. The third-order valence-electron chi connectivity index (χ3n) is 3.32. The molecule has 132 valence electrons. The van der Waals surface area contributed by atoms with Gasteiger partial charge in [0.05, 0.1) is 12.2 Å². The van der Waals surface area contributed by atoms with Gasteiger partial charge in [-0.3, -0.25) is 4.79 Å². The number of halogens is 3. The van der Waals surface area contributed by atoms with Crippen molar-refractivity contribution in [2.24, 2.45) is 0 Å². The summed E-state index contributed by atoms with van der Waals surface area (Å²) in [7, 11) is 1.57. The van der Waals surface area contributed by atoms with Gasteiger partial charge in [0.1, 0.15) is 12.4 Å². The van der Waals surface area contributed by atoms with Crippen LogP contribution in [0.25, 0.3) is 6.08 Å². The van der Waals surface area contributed by atoms with Gasteiger partial charge in [0.15, 0.2) is 5.78 Å². The van der Waals surface area contributed by atoms with Crippen LogP contribution in [0, 0.1) is 0 Å². The Morgan fingerprint density at radius 1 is 1.08 bits per heavy atom. The highest BCUT2D eigenvalue weighted by Gasteiger charge is 2.30. The molecule has 0 saturated carbocycles. The Balaban J connectivity index is 2.09. The molecule has 0 aliphatic heterocycles. The molecule has 0 amide bonds. The molecule has 0 aromatic heterocycles. The lowest BCUT2D eigenvalue weighted by Crippen LogP contribution is -2.06. The highest BCUT2D eigenvalue weighted by molar-refractivity contribution is 6.06. The van der Waals surface area contributed by atoms with Gasteiger partial charge >= 0.3 is 6.18 Å². The summed E-state index contributed by atoms with van der Waals surface area (Å²) in [6.07, 6.45) is -1.70. The SMILES string of the molecule is COCCOc1cccc(/C=C/C(=O)c2cccc(C(F)(F)F)c2)c1. The summed E-state index contributed by atoms with van der Waals surface area (Å²) in [4.78, 5) is 12.1. The van der Waals surface area contributed by atoms with Crippen LogP contribution in [0.2, 0.25) is 0 Å². The average molecular weight is 350 g/mol. The average Bonchev–Trinajstić information content (AvgIpc) is 2.60. The lowest BCUT2D eigenvalue weighted by atomic mass is 10.1. The summed E-state index contributed by atoms with van der Waals surface area (Å²) >= 11 is 0. The molecular formula is C19H17F3O3. The number of allylic oxidation sites excluding steroid dienone is 1. The number of hydrogen-bond acceptors (Lipinski definition) is 3. The van der Waals surface area contributed by atoms with Crippen LogP contribution in [0.5, 0.6) is 5.75 Å². The minimum atomic E-state index is -4.48. The molecular weight excluding hydrogens is 333 g/mol. The Morgan fingerprint density at radius 2 is 1.84 bits per heavy atom. The van der Waals surface area contributed by atoms with Gasteiger partial charge in [-0.05, 0) is 35.9 Å². The first-order valence-electron chi connectivity index (χ1n) is 7.51. The molecule has 3 nitrogen and oxygen atoms in total. The summed E-state index contributed by atoms with van der Waals surface area (Å²) in [5, 5.41) is 0. The molecule has 2 aromatic rings. The first kappa shape index (κ1) is 18.7. The molecule has 25 heavy (non-hydrogen) atoms. The number of rotatable bonds is 7. The van der Waals surface area contributed by atoms with Crippen LogP contribution in [0.1, 0.15) is 21.5 Å². The second-order valence-corrected chi connectivity index (χ2v) is 5.19. The van der Waals surface area contributed by atoms with Crippen molar-refractivity contribution in [3.63, 3.8) is 0 Å². The topological polar surface area (TPSA) is 35.5 Å². The minimum absolute atomic E-state index is 0.0152. The fourth-order valence-corrected chi connectivity index (χ4v) is 2.07. The van der Waals surface area contributed by atoms with E-state index >= 15 is 0 Å². The molecule has 0 radical (unpaired) electrons. The molecule has 0 fully saturated rings. The Kier molecular flexibility index (Phi) is 6.36. The van der Waals surface area contributed by atoms with Crippen LogP contribution in [0.4, 0.5) is 13.2 Å². The molecule has 2 aromatic carbocycles. The van der Waals surface area contributed by atoms with E-state index in [2.05, 4.69) is 0 Å². The van der Waals surface area contributed by atoms with Gasteiger partial charge in [-0.15, -0.1) is 0 Å². The number of hydrogen-bond donors (Lipinski definition) is 0. The summed E-state index contributed by atoms with van der Waals surface area (Å²) in [5.41, 5.74) is -0.158. The molecule has 2 rings (SSSR count). The van der Waals surface area contributed by atoms with Crippen LogP contribution in [-0.4, -0.2) is 26.1 Å². The zero-order chi connectivity index (χ0) is 18.3. The maximum Gasteiger partial charge on any atom is 0.416 e. The molecule has 0 aliphatic rings. The molecule has 0 spiro atoms. The smallest absolute Gasteiger partial charge is 0.416 e. The van der Waals surface area contributed by atoms with E-state index in [0.717, 1.165) is 12.1 Å². The quantitative estimate of drug-likeness (QED) is 0.415. The highest BCUT2D eigenvalue weighted by atomic mass is 19.4. The Bertz CT molecular complexity index is 752. The van der Waals surface area contributed by atoms with Crippen molar-refractivity contribution in [3.05, 3.63) is 71.3 Å². The molecule has 0 unspecified atom stereocenters. The van der Waals surface area contributed by atoms with Gasteiger partial charge in [0, 0.05) is 12.7 Å². The zero-order valence-corrected chi connectivity index (χ0v) is 13.5. The molecule has 6 heteroatoms. The molecule has 0 N–H and O–H groups in total. The van der Waals surface area contributed by atoms with Gasteiger partial charge in [0.25, 0.3) is 0 Å². The number of alkyl halides is 3. The van der Waals surface area contributed by atoms with Gasteiger partial charge < -0.3 is 9.47 Å². The summed E-state index contributed by atoms with van der Waals surface area (Å²) in [5.74, 6) is 0.113. The largest absolute Gasteiger partial charge is 0.491 e. The van der Waals surface area contributed by atoms with E-state index in [4.69, 9.17) is 9.47 Å². The molecule has 0 saturated heterocycles. The van der Waals surface area contributed by atoms with Crippen LogP contribution in [0.3, 0.4) is 0 Å². The normalized spacial score (nSPS) is 11.7. The standard InChI is InChI=1S/C19H17F3O3/c1-24-10-11-25-17-7-2-4-14(12-17)8-9-18(23)15-5-3-6-16(13-15)19(20,21)22/h2-9,12-13H,10-11H2,1H3/b9-8+. The van der Waals surface area contributed by atoms with E-state index in [1.807, 2.05) is 0 Å². The fraction of sp³-hybridized carbons (Fsp3) is 0.211. The fourth-order valence-electron chi connectivity index (χ4n) is 2.07. The van der Waals surface area contributed by atoms with E-state index in [-0.39, 0.29) is 5.56 Å². The third kappa shape index (κ3) is 5.76. The number of carbonyl (C=O) groups is 1. The molecule has 0 bridgehead atoms. The van der Waals surface area contributed by atoms with E-state index in [0.29, 0.717) is 24.5 Å². The summed E-state index contributed by atoms with van der Waals surface area (Å²) < 4.78 is 48.5. The number of ketones is 1. The van der Waals surface area contributed by atoms with Crippen molar-refractivity contribution in [2.75, 3.05) is 20.3 Å². The maximum atomic E-state index is 12.7. The van der Waals surface area contributed by atoms with E-state index in [1.165, 1.54) is 24.3 Å². The lowest BCUT2D eigenvalue weighted by molar-refractivity contribution is -0.137. The Labute approximate surface area is 143 Å². The number of methoxy groups -OCH3 is 1. The second kappa shape index (κ2) is 8.48. The van der Waals surface area contributed by atoms with Crippen LogP contribution in [0.15, 0.2) is 54.6 Å². The van der Waals surface area contributed by atoms with E-state index < -0.39 is 17.5 Å².